The van der Waals surface area contributed by atoms with Gasteiger partial charge >= 0.3 is 11.9 Å². The lowest BCUT2D eigenvalue weighted by Crippen LogP contribution is -2.70. The molecule has 3 rings (SSSR count). The summed E-state index contributed by atoms with van der Waals surface area (Å²) < 4.78 is 0. The molecule has 1 aromatic rings. The third-order valence-electron chi connectivity index (χ3n) is 3.66. The number of thiophene rings is 1. The number of carbonyl (C=O) groups is 4. The summed E-state index contributed by atoms with van der Waals surface area (Å²) in [5.41, 5.74) is -0.833. The van der Waals surface area contributed by atoms with E-state index in [-0.39, 0.29) is 23.7 Å². The van der Waals surface area contributed by atoms with Gasteiger partial charge in [-0.05, 0) is 11.4 Å². The Morgan fingerprint density at radius 3 is 2.62 bits per heavy atom. The minimum Gasteiger partial charge on any atom is -0.478 e. The van der Waals surface area contributed by atoms with E-state index in [4.69, 9.17) is 5.11 Å². The van der Waals surface area contributed by atoms with Crippen LogP contribution in [0.15, 0.2) is 28.8 Å². The Morgan fingerprint density at radius 1 is 1.29 bits per heavy atom. The van der Waals surface area contributed by atoms with Gasteiger partial charge in [0.1, 0.15) is 17.1 Å². The molecule has 1 aromatic heterocycles. The molecule has 0 radical (unpaired) electrons. The van der Waals surface area contributed by atoms with Crippen molar-refractivity contribution in [3.8, 4) is 0 Å². The van der Waals surface area contributed by atoms with Crippen molar-refractivity contribution < 1.29 is 29.4 Å². The van der Waals surface area contributed by atoms with Crippen LogP contribution in [0.5, 0.6) is 0 Å². The van der Waals surface area contributed by atoms with Gasteiger partial charge in [0.25, 0.3) is 5.91 Å². The molecule has 0 bridgehead atoms. The van der Waals surface area contributed by atoms with Gasteiger partial charge in [0.2, 0.25) is 5.91 Å². The van der Waals surface area contributed by atoms with Crippen LogP contribution in [0.2, 0.25) is 0 Å². The van der Waals surface area contributed by atoms with E-state index in [9.17, 15) is 24.3 Å². The molecule has 3 heterocycles. The second kappa shape index (κ2) is 6.29. The lowest BCUT2D eigenvalue weighted by atomic mass is 10.0. The van der Waals surface area contributed by atoms with E-state index in [1.165, 1.54) is 11.3 Å². The molecule has 10 heteroatoms. The van der Waals surface area contributed by atoms with E-state index >= 15 is 0 Å². The molecule has 24 heavy (non-hydrogen) atoms. The summed E-state index contributed by atoms with van der Waals surface area (Å²) in [6.45, 7) is 0. The average molecular weight is 368 g/mol. The number of rotatable bonds is 5. The Bertz CT molecular complexity index is 757. The zero-order chi connectivity index (χ0) is 17.4. The van der Waals surface area contributed by atoms with Crippen LogP contribution < -0.4 is 5.32 Å². The molecule has 126 valence electrons. The fourth-order valence-electron chi connectivity index (χ4n) is 2.58. The van der Waals surface area contributed by atoms with Gasteiger partial charge in [-0.25, -0.2) is 9.59 Å². The van der Waals surface area contributed by atoms with Crippen molar-refractivity contribution in [2.75, 3.05) is 5.75 Å². The van der Waals surface area contributed by atoms with Gasteiger partial charge in [0, 0.05) is 10.6 Å². The van der Waals surface area contributed by atoms with Gasteiger partial charge in [0.05, 0.1) is 12.0 Å². The van der Waals surface area contributed by atoms with Crippen LogP contribution in [0.1, 0.15) is 4.88 Å². The third kappa shape index (κ3) is 2.78. The maximum absolute atomic E-state index is 12.2. The van der Waals surface area contributed by atoms with Crippen LogP contribution >= 0.6 is 23.1 Å². The number of hydrogen-bond donors (Lipinski definition) is 3. The summed E-state index contributed by atoms with van der Waals surface area (Å²) in [5.74, 6) is -3.81. The van der Waals surface area contributed by atoms with Crippen LogP contribution in [0.3, 0.4) is 0 Å². The van der Waals surface area contributed by atoms with Gasteiger partial charge in [0.15, 0.2) is 0 Å². The molecule has 8 nitrogen and oxygen atoms in total. The lowest BCUT2D eigenvalue weighted by Gasteiger charge is -2.49. The molecule has 0 aliphatic carbocycles. The summed E-state index contributed by atoms with van der Waals surface area (Å²) in [6, 6.07) is 2.78. The highest BCUT2D eigenvalue weighted by Gasteiger charge is 2.54. The number of fused-ring (bicyclic) bond motifs is 1. The standard InChI is InChI=1S/C14H12N2O6S2/c17-8(4-6-2-1-3-23-6)15-9-11(18)16-10(14(21)22)7(13(19)20)5-24-12(9)16/h1-3,9,12H,4-5H2,(H,15,17)(H,19,20)(H,21,22)/t9?,12-/m0/s1. The van der Waals surface area contributed by atoms with Crippen molar-refractivity contribution in [3.63, 3.8) is 0 Å². The number of β-lactam (4-membered cyclic amide) rings is 1. The van der Waals surface area contributed by atoms with Crippen molar-refractivity contribution >= 4 is 46.9 Å². The molecule has 0 saturated carbocycles. The topological polar surface area (TPSA) is 124 Å². The molecule has 1 saturated heterocycles. The minimum absolute atomic E-state index is 0.0390. The Hall–Kier alpha value is -2.33. The Labute approximate surface area is 144 Å². The fraction of sp³-hybridized carbons (Fsp3) is 0.286. The molecule has 1 fully saturated rings. The zero-order valence-corrected chi connectivity index (χ0v) is 13.7. The molecule has 0 aromatic carbocycles. The largest absolute Gasteiger partial charge is 0.478 e. The molecule has 2 atom stereocenters. The smallest absolute Gasteiger partial charge is 0.353 e. The number of thioether (sulfide) groups is 1. The number of carbonyl (C=O) groups excluding carboxylic acids is 2. The number of nitrogens with zero attached hydrogens (tertiary/aromatic N) is 1. The maximum atomic E-state index is 12.2. The quantitative estimate of drug-likeness (QED) is 0.630. The molecular formula is C14H12N2O6S2. The van der Waals surface area contributed by atoms with E-state index in [1.54, 1.807) is 6.07 Å². The molecule has 3 N–H and O–H groups in total. The maximum Gasteiger partial charge on any atom is 0.353 e. The summed E-state index contributed by atoms with van der Waals surface area (Å²) in [7, 11) is 0. The molecule has 2 aliphatic rings. The van der Waals surface area contributed by atoms with Gasteiger partial charge in [-0.1, -0.05) is 6.07 Å². The number of hydrogen-bond acceptors (Lipinski definition) is 6. The van der Waals surface area contributed by atoms with E-state index in [0.717, 1.165) is 21.5 Å². The van der Waals surface area contributed by atoms with E-state index < -0.39 is 35.0 Å². The minimum atomic E-state index is -1.46. The van der Waals surface area contributed by atoms with Crippen LogP contribution in [0, 0.1) is 0 Å². The Balaban J connectivity index is 1.73. The fourth-order valence-corrected chi connectivity index (χ4v) is 4.62. The van der Waals surface area contributed by atoms with Crippen LogP contribution in [0.25, 0.3) is 0 Å². The van der Waals surface area contributed by atoms with Crippen LogP contribution in [-0.4, -0.2) is 56.0 Å². The molecule has 2 aliphatic heterocycles. The van der Waals surface area contributed by atoms with Gasteiger partial charge in [-0.2, -0.15) is 0 Å². The second-order valence-corrected chi connectivity index (χ2v) is 7.29. The number of carboxylic acids is 2. The first-order valence-electron chi connectivity index (χ1n) is 6.86. The molecular weight excluding hydrogens is 356 g/mol. The number of nitrogens with one attached hydrogen (secondary N) is 1. The van der Waals surface area contributed by atoms with Crippen molar-refractivity contribution in [3.05, 3.63) is 33.7 Å². The number of amides is 2. The number of carboxylic acid groups (broad SMARTS) is 2. The zero-order valence-electron chi connectivity index (χ0n) is 12.1. The summed E-state index contributed by atoms with van der Waals surface area (Å²) in [5, 5.41) is 22.2. The highest BCUT2D eigenvalue weighted by molar-refractivity contribution is 8.00. The number of aliphatic carboxylic acids is 2. The first kappa shape index (κ1) is 16.5. The highest BCUT2D eigenvalue weighted by Crippen LogP contribution is 2.40. The van der Waals surface area contributed by atoms with Crippen LogP contribution in [0.4, 0.5) is 0 Å². The third-order valence-corrected chi connectivity index (χ3v) is 5.82. The van der Waals surface area contributed by atoms with Gasteiger partial charge < -0.3 is 15.5 Å². The normalized spacial score (nSPS) is 22.7. The van der Waals surface area contributed by atoms with Crippen molar-refractivity contribution in [1.29, 1.82) is 0 Å². The Kier molecular flexibility index (Phi) is 4.33. The molecule has 2 amide bonds. The first-order valence-corrected chi connectivity index (χ1v) is 8.79. The predicted octanol–water partition coefficient (Wildman–Crippen LogP) is 0.114. The predicted molar refractivity (Wildman–Crippen MR) is 85.3 cm³/mol. The van der Waals surface area contributed by atoms with E-state index in [0.29, 0.717) is 0 Å². The van der Waals surface area contributed by atoms with Crippen LogP contribution in [-0.2, 0) is 25.6 Å². The Morgan fingerprint density at radius 2 is 2.04 bits per heavy atom. The van der Waals surface area contributed by atoms with Gasteiger partial charge in [-0.15, -0.1) is 23.1 Å². The monoisotopic (exact) mass is 368 g/mol. The molecule has 0 spiro atoms. The summed E-state index contributed by atoms with van der Waals surface area (Å²) >= 11 is 2.55. The average Bonchev–Trinajstić information content (AvgIpc) is 3.03. The van der Waals surface area contributed by atoms with Crippen molar-refractivity contribution in [1.82, 2.24) is 10.2 Å². The SMILES string of the molecule is O=C(Cc1cccs1)NC1C(=O)N2C(C(=O)O)=C(C(=O)O)CS[C@@H]12. The van der Waals surface area contributed by atoms with E-state index in [2.05, 4.69) is 5.32 Å². The second-order valence-electron chi connectivity index (χ2n) is 5.15. The molecule has 1 unspecified atom stereocenters. The lowest BCUT2D eigenvalue weighted by molar-refractivity contribution is -0.151. The van der Waals surface area contributed by atoms with Crippen molar-refractivity contribution in [2.24, 2.45) is 0 Å². The van der Waals surface area contributed by atoms with Crippen molar-refractivity contribution in [2.45, 2.75) is 17.8 Å². The summed E-state index contributed by atoms with van der Waals surface area (Å²) in [4.78, 5) is 48.5. The first-order chi connectivity index (χ1) is 11.4. The van der Waals surface area contributed by atoms with E-state index in [1.807, 2.05) is 11.4 Å². The highest BCUT2D eigenvalue weighted by atomic mass is 32.2. The summed E-state index contributed by atoms with van der Waals surface area (Å²) in [6.07, 6.45) is 0.140. The van der Waals surface area contributed by atoms with Gasteiger partial charge in [-0.3, -0.25) is 14.5 Å².